The molecule has 0 saturated heterocycles. The third kappa shape index (κ3) is 5.61. The van der Waals surface area contributed by atoms with Crippen LogP contribution < -0.4 is 10.9 Å². The second-order valence-corrected chi connectivity index (χ2v) is 8.71. The van der Waals surface area contributed by atoms with Gasteiger partial charge in [0.1, 0.15) is 12.2 Å². The fourth-order valence-corrected chi connectivity index (χ4v) is 4.18. The topological polar surface area (TPSA) is 84.3 Å². The molecule has 2 amide bonds. The summed E-state index contributed by atoms with van der Waals surface area (Å²) in [7, 11) is 0. The Labute approximate surface area is 176 Å². The summed E-state index contributed by atoms with van der Waals surface area (Å²) in [5.74, 6) is -0.565. The van der Waals surface area contributed by atoms with Gasteiger partial charge in [0.25, 0.3) is 5.56 Å². The lowest BCUT2D eigenvalue weighted by Gasteiger charge is -2.20. The van der Waals surface area contributed by atoms with E-state index in [1.165, 1.54) is 11.0 Å². The molecule has 0 unspecified atom stereocenters. The number of carbonyl (C=O) groups excluding carboxylic acids is 2. The van der Waals surface area contributed by atoms with Crippen molar-refractivity contribution in [3.8, 4) is 10.6 Å². The van der Waals surface area contributed by atoms with E-state index < -0.39 is 0 Å². The predicted octanol–water partition coefficient (Wildman–Crippen LogP) is 2.51. The molecule has 9 heteroatoms. The van der Waals surface area contributed by atoms with Crippen molar-refractivity contribution in [3.05, 3.63) is 61.9 Å². The van der Waals surface area contributed by atoms with E-state index in [9.17, 15) is 14.4 Å². The van der Waals surface area contributed by atoms with Gasteiger partial charge in [-0.2, -0.15) is 5.10 Å². The summed E-state index contributed by atoms with van der Waals surface area (Å²) in [5, 5.41) is 9.08. The summed E-state index contributed by atoms with van der Waals surface area (Å²) in [4.78, 5) is 41.6. The first-order valence-corrected chi connectivity index (χ1v) is 10.9. The summed E-state index contributed by atoms with van der Waals surface area (Å²) in [6, 6.07) is 10.8. The Hall–Kier alpha value is -2.78. The molecule has 0 aliphatic heterocycles. The highest BCUT2D eigenvalue weighted by atomic mass is 32.1. The summed E-state index contributed by atoms with van der Waals surface area (Å²) in [5.41, 5.74) is 0.292. The largest absolute Gasteiger partial charge is 0.350 e. The number of thiophene rings is 2. The van der Waals surface area contributed by atoms with E-state index in [0.29, 0.717) is 18.8 Å². The van der Waals surface area contributed by atoms with Crippen LogP contribution in [0.15, 0.2) is 46.6 Å². The first-order valence-electron chi connectivity index (χ1n) is 9.18. The zero-order valence-corrected chi connectivity index (χ0v) is 17.9. The van der Waals surface area contributed by atoms with Gasteiger partial charge in [-0.1, -0.05) is 6.07 Å². The molecule has 7 nitrogen and oxygen atoms in total. The fourth-order valence-electron chi connectivity index (χ4n) is 2.70. The second kappa shape index (κ2) is 9.62. The summed E-state index contributed by atoms with van der Waals surface area (Å²) >= 11 is 3.13. The van der Waals surface area contributed by atoms with E-state index in [2.05, 4.69) is 10.4 Å². The Balaban J connectivity index is 1.64. The second-order valence-electron chi connectivity index (χ2n) is 6.39. The number of aromatic nitrogens is 2. The first-order chi connectivity index (χ1) is 14.0. The maximum atomic E-state index is 12.7. The number of nitrogens with one attached hydrogen (secondary N) is 1. The van der Waals surface area contributed by atoms with Gasteiger partial charge in [0.05, 0.1) is 18.0 Å². The van der Waals surface area contributed by atoms with Crippen molar-refractivity contribution in [2.75, 3.05) is 13.1 Å². The van der Waals surface area contributed by atoms with E-state index in [-0.39, 0.29) is 30.5 Å². The number of likely N-dealkylation sites (N-methyl/N-ethyl adjacent to an activating group) is 1. The molecule has 3 heterocycles. The van der Waals surface area contributed by atoms with Crippen LogP contribution in [0.5, 0.6) is 0 Å². The van der Waals surface area contributed by atoms with E-state index in [1.807, 2.05) is 36.6 Å². The van der Waals surface area contributed by atoms with E-state index in [0.717, 1.165) is 19.3 Å². The summed E-state index contributed by atoms with van der Waals surface area (Å²) in [6.45, 7) is 4.33. The Morgan fingerprint density at radius 1 is 1.21 bits per heavy atom. The molecule has 0 aliphatic rings. The molecule has 0 aliphatic carbocycles. The van der Waals surface area contributed by atoms with Crippen molar-refractivity contribution in [1.29, 1.82) is 0 Å². The number of carbonyl (C=O) groups is 2. The molecule has 0 bridgehead atoms. The maximum Gasteiger partial charge on any atom is 0.267 e. The lowest BCUT2D eigenvalue weighted by atomic mass is 10.3. The van der Waals surface area contributed by atoms with Gasteiger partial charge < -0.3 is 10.2 Å². The molecule has 1 N–H and O–H groups in total. The number of hydrogen-bond donors (Lipinski definition) is 1. The first kappa shape index (κ1) is 20.9. The molecule has 3 aromatic heterocycles. The van der Waals surface area contributed by atoms with Gasteiger partial charge >= 0.3 is 0 Å². The zero-order valence-electron chi connectivity index (χ0n) is 16.3. The normalized spacial score (nSPS) is 10.7. The lowest BCUT2D eigenvalue weighted by Crippen LogP contribution is -2.43. The highest BCUT2D eigenvalue weighted by Crippen LogP contribution is 2.24. The number of rotatable bonds is 8. The van der Waals surface area contributed by atoms with Gasteiger partial charge in [0.15, 0.2) is 0 Å². The van der Waals surface area contributed by atoms with Gasteiger partial charge in [-0.25, -0.2) is 4.68 Å². The average Bonchev–Trinajstić information content (AvgIpc) is 3.37. The molecule has 152 valence electrons. The van der Waals surface area contributed by atoms with Crippen LogP contribution >= 0.6 is 22.7 Å². The molecule has 0 aromatic carbocycles. The minimum absolute atomic E-state index is 0.0563. The molecule has 29 heavy (non-hydrogen) atoms. The smallest absolute Gasteiger partial charge is 0.267 e. The zero-order chi connectivity index (χ0) is 20.8. The van der Waals surface area contributed by atoms with Gasteiger partial charge in [-0.05, 0) is 43.5 Å². The van der Waals surface area contributed by atoms with Gasteiger partial charge in [-0.15, -0.1) is 22.7 Å². The molecule has 0 saturated carbocycles. The molecular weight excluding hydrogens is 408 g/mol. The fraction of sp³-hybridized carbons (Fsp3) is 0.300. The Morgan fingerprint density at radius 3 is 2.69 bits per heavy atom. The Morgan fingerprint density at radius 2 is 2.03 bits per heavy atom. The minimum atomic E-state index is -0.353. The van der Waals surface area contributed by atoms with Crippen LogP contribution in [-0.4, -0.2) is 39.6 Å². The van der Waals surface area contributed by atoms with Crippen LogP contribution in [0.4, 0.5) is 0 Å². The molecule has 0 spiro atoms. The lowest BCUT2D eigenvalue weighted by molar-refractivity contribution is -0.136. The van der Waals surface area contributed by atoms with Crippen molar-refractivity contribution in [1.82, 2.24) is 20.0 Å². The SMILES string of the molecule is CCN(CC(=O)NCc1cccs1)C(=O)Cn1nc(-c2ccc(C)s2)ccc1=O. The molecule has 3 aromatic rings. The van der Waals surface area contributed by atoms with Gasteiger partial charge in [0.2, 0.25) is 11.8 Å². The number of amides is 2. The standard InChI is InChI=1S/C20H22N4O3S2/c1-3-23(12-18(25)21-11-15-5-4-10-28-15)20(27)13-24-19(26)9-7-16(22-24)17-8-6-14(2)29-17/h4-10H,3,11-13H2,1-2H3,(H,21,25). The molecular formula is C20H22N4O3S2. The van der Waals surface area contributed by atoms with Crippen molar-refractivity contribution >= 4 is 34.5 Å². The van der Waals surface area contributed by atoms with Crippen LogP contribution in [0, 0.1) is 6.92 Å². The number of aryl methyl sites for hydroxylation is 1. The van der Waals surface area contributed by atoms with E-state index in [1.54, 1.807) is 35.7 Å². The van der Waals surface area contributed by atoms with Crippen LogP contribution in [0.25, 0.3) is 10.6 Å². The van der Waals surface area contributed by atoms with Crippen molar-refractivity contribution in [2.45, 2.75) is 26.9 Å². The van der Waals surface area contributed by atoms with E-state index in [4.69, 9.17) is 0 Å². The maximum absolute atomic E-state index is 12.7. The third-order valence-corrected chi connectivity index (χ3v) is 6.15. The van der Waals surface area contributed by atoms with Crippen molar-refractivity contribution in [3.63, 3.8) is 0 Å². The van der Waals surface area contributed by atoms with Crippen LogP contribution in [0.3, 0.4) is 0 Å². The molecule has 3 rings (SSSR count). The van der Waals surface area contributed by atoms with Crippen LogP contribution in [0.2, 0.25) is 0 Å². The molecule has 0 atom stereocenters. The molecule has 0 radical (unpaired) electrons. The quantitative estimate of drug-likeness (QED) is 0.595. The van der Waals surface area contributed by atoms with Crippen molar-refractivity contribution in [2.24, 2.45) is 0 Å². The monoisotopic (exact) mass is 430 g/mol. The van der Waals surface area contributed by atoms with Crippen LogP contribution in [-0.2, 0) is 22.7 Å². The Bertz CT molecular complexity index is 1040. The third-order valence-electron chi connectivity index (χ3n) is 4.25. The highest BCUT2D eigenvalue weighted by molar-refractivity contribution is 7.15. The average molecular weight is 431 g/mol. The van der Waals surface area contributed by atoms with E-state index >= 15 is 0 Å². The minimum Gasteiger partial charge on any atom is -0.350 e. The van der Waals surface area contributed by atoms with Crippen LogP contribution in [0.1, 0.15) is 16.7 Å². The highest BCUT2D eigenvalue weighted by Gasteiger charge is 2.17. The Kier molecular flexibility index (Phi) is 6.95. The van der Waals surface area contributed by atoms with Gasteiger partial charge in [0, 0.05) is 22.4 Å². The van der Waals surface area contributed by atoms with Crippen molar-refractivity contribution < 1.29 is 9.59 Å². The molecule has 0 fully saturated rings. The number of nitrogens with zero attached hydrogens (tertiary/aromatic N) is 3. The van der Waals surface area contributed by atoms with Gasteiger partial charge in [-0.3, -0.25) is 14.4 Å². The number of hydrogen-bond acceptors (Lipinski definition) is 6. The predicted molar refractivity (Wildman–Crippen MR) is 115 cm³/mol. The summed E-state index contributed by atoms with van der Waals surface area (Å²) in [6.07, 6.45) is 0. The summed E-state index contributed by atoms with van der Waals surface area (Å²) < 4.78 is 1.15.